The Morgan fingerprint density at radius 2 is 1.78 bits per heavy atom. The molecule has 9 nitrogen and oxygen atoms in total. The number of aromatic nitrogens is 3. The number of carbonyl (C=O) groups excluding carboxylic acids is 3. The Morgan fingerprint density at radius 1 is 0.972 bits per heavy atom. The summed E-state index contributed by atoms with van der Waals surface area (Å²) in [5, 5.41) is 2.35. The van der Waals surface area contributed by atoms with Crippen LogP contribution in [0, 0.1) is 0 Å². The second-order valence-electron chi connectivity index (χ2n) is 9.78. The van der Waals surface area contributed by atoms with Gasteiger partial charge in [0, 0.05) is 56.0 Å². The number of hydrogen-bond donors (Lipinski definition) is 1. The number of fused-ring (bicyclic) bond motifs is 1. The van der Waals surface area contributed by atoms with Crippen LogP contribution < -0.4 is 10.2 Å². The quantitative estimate of drug-likeness (QED) is 0.572. The van der Waals surface area contributed by atoms with Crippen molar-refractivity contribution >= 4 is 23.5 Å². The van der Waals surface area contributed by atoms with E-state index in [1.807, 2.05) is 36.0 Å². The summed E-state index contributed by atoms with van der Waals surface area (Å²) in [7, 11) is 1.96. The predicted octanol–water partition coefficient (Wildman–Crippen LogP) is 2.90. The first kappa shape index (κ1) is 22.5. The lowest BCUT2D eigenvalue weighted by molar-refractivity contribution is -0.136. The molecule has 3 aliphatic heterocycles. The summed E-state index contributed by atoms with van der Waals surface area (Å²) in [6, 6.07) is 9.26. The van der Waals surface area contributed by atoms with Gasteiger partial charge in [0.1, 0.15) is 11.9 Å². The molecule has 3 aromatic rings. The highest BCUT2D eigenvalue weighted by Crippen LogP contribution is 2.35. The Balaban J connectivity index is 1.28. The molecule has 5 heterocycles. The number of nitrogens with zero attached hydrogens (tertiary/aromatic N) is 5. The molecule has 2 fully saturated rings. The van der Waals surface area contributed by atoms with Crippen molar-refractivity contribution in [2.24, 2.45) is 7.05 Å². The molecule has 3 aliphatic rings. The van der Waals surface area contributed by atoms with Crippen molar-refractivity contribution in [1.82, 2.24) is 24.8 Å². The Labute approximate surface area is 209 Å². The number of nitrogens with one attached hydrogen (secondary N) is 1. The van der Waals surface area contributed by atoms with Gasteiger partial charge in [0.15, 0.2) is 0 Å². The zero-order valence-corrected chi connectivity index (χ0v) is 20.2. The Bertz CT molecular complexity index is 1360. The fourth-order valence-corrected chi connectivity index (χ4v) is 5.54. The van der Waals surface area contributed by atoms with E-state index < -0.39 is 11.9 Å². The van der Waals surface area contributed by atoms with Crippen molar-refractivity contribution in [2.75, 3.05) is 18.0 Å². The average molecular weight is 485 g/mol. The maximum atomic E-state index is 13.1. The number of anilines is 1. The van der Waals surface area contributed by atoms with Crippen molar-refractivity contribution in [3.63, 3.8) is 0 Å². The number of pyridine rings is 1. The minimum absolute atomic E-state index is 0.176. The van der Waals surface area contributed by atoms with Gasteiger partial charge in [-0.15, -0.1) is 0 Å². The van der Waals surface area contributed by atoms with Gasteiger partial charge < -0.3 is 14.4 Å². The number of piperidine rings is 2. The zero-order valence-electron chi connectivity index (χ0n) is 20.2. The standard InChI is InChI=1S/C27H28N6O3/c1-31-16-29-24(25(31)18-6-9-22(28-14-18)32-11-3-2-4-12-32)17-5-7-20-19(13-17)15-33(27(20)36)21-8-10-23(34)30-26(21)35/h5-7,9,13-14,16,21H,2-4,8,10-12,15H2,1H3,(H,30,34,35)/t21-/m0/s1. The molecule has 0 saturated carbocycles. The summed E-state index contributed by atoms with van der Waals surface area (Å²) in [6.45, 7) is 2.43. The summed E-state index contributed by atoms with van der Waals surface area (Å²) in [4.78, 5) is 50.3. The molecule has 3 amide bonds. The van der Waals surface area contributed by atoms with Gasteiger partial charge in [-0.3, -0.25) is 19.7 Å². The van der Waals surface area contributed by atoms with Gasteiger partial charge in [-0.25, -0.2) is 9.97 Å². The van der Waals surface area contributed by atoms with E-state index in [9.17, 15) is 14.4 Å². The first-order chi connectivity index (χ1) is 17.5. The van der Waals surface area contributed by atoms with Gasteiger partial charge in [0.05, 0.1) is 17.7 Å². The second kappa shape index (κ2) is 8.89. The highest BCUT2D eigenvalue weighted by molar-refractivity contribution is 6.05. The topological polar surface area (TPSA) is 100 Å². The summed E-state index contributed by atoms with van der Waals surface area (Å²) in [5.41, 5.74) is 5.11. The first-order valence-electron chi connectivity index (χ1n) is 12.5. The van der Waals surface area contributed by atoms with Crippen LogP contribution in [0.1, 0.15) is 48.0 Å². The van der Waals surface area contributed by atoms with Gasteiger partial charge in [-0.2, -0.15) is 0 Å². The van der Waals surface area contributed by atoms with Gasteiger partial charge in [0.2, 0.25) is 11.8 Å². The van der Waals surface area contributed by atoms with Crippen molar-refractivity contribution < 1.29 is 14.4 Å². The second-order valence-corrected chi connectivity index (χ2v) is 9.78. The van der Waals surface area contributed by atoms with E-state index in [4.69, 9.17) is 4.98 Å². The Kier molecular flexibility index (Phi) is 5.55. The minimum atomic E-state index is -0.624. The molecule has 0 aliphatic carbocycles. The van der Waals surface area contributed by atoms with Crippen LogP contribution in [0.4, 0.5) is 5.82 Å². The zero-order chi connectivity index (χ0) is 24.8. The molecule has 1 atom stereocenters. The highest BCUT2D eigenvalue weighted by atomic mass is 16.2. The molecule has 0 bridgehead atoms. The molecule has 2 aromatic heterocycles. The van der Waals surface area contributed by atoms with Gasteiger partial charge in [0.25, 0.3) is 5.91 Å². The smallest absolute Gasteiger partial charge is 0.255 e. The summed E-state index contributed by atoms with van der Waals surface area (Å²) in [5.74, 6) is 0.139. The number of carbonyl (C=O) groups is 3. The normalized spacial score (nSPS) is 20.0. The van der Waals surface area contributed by atoms with E-state index in [0.717, 1.165) is 47.0 Å². The molecule has 2 saturated heterocycles. The molecular weight excluding hydrogens is 456 g/mol. The van der Waals surface area contributed by atoms with Gasteiger partial charge >= 0.3 is 0 Å². The molecule has 1 aromatic carbocycles. The van der Waals surface area contributed by atoms with Crippen LogP contribution in [-0.2, 0) is 23.2 Å². The van der Waals surface area contributed by atoms with Crippen molar-refractivity contribution in [3.8, 4) is 22.5 Å². The van der Waals surface area contributed by atoms with Crippen LogP contribution in [0.3, 0.4) is 0 Å². The third-order valence-corrected chi connectivity index (χ3v) is 7.44. The third kappa shape index (κ3) is 3.84. The van der Waals surface area contributed by atoms with E-state index in [1.54, 1.807) is 11.2 Å². The fraction of sp³-hybridized carbons (Fsp3) is 0.370. The number of aryl methyl sites for hydroxylation is 1. The summed E-state index contributed by atoms with van der Waals surface area (Å²) >= 11 is 0. The van der Waals surface area contributed by atoms with Crippen LogP contribution in [0.15, 0.2) is 42.9 Å². The molecule has 0 unspecified atom stereocenters. The number of benzene rings is 1. The van der Waals surface area contributed by atoms with Crippen LogP contribution in [0.25, 0.3) is 22.5 Å². The SMILES string of the molecule is Cn1cnc(-c2ccc3c(c2)CN([C@H]2CCC(=O)NC2=O)C3=O)c1-c1ccc(N2CCCCC2)nc1. The minimum Gasteiger partial charge on any atom is -0.357 e. The Morgan fingerprint density at radius 3 is 2.53 bits per heavy atom. The van der Waals surface area contributed by atoms with Crippen molar-refractivity contribution in [1.29, 1.82) is 0 Å². The van der Waals surface area contributed by atoms with E-state index in [1.165, 1.54) is 19.3 Å². The Hall–Kier alpha value is -4.01. The van der Waals surface area contributed by atoms with Crippen molar-refractivity contribution in [3.05, 3.63) is 54.0 Å². The molecule has 6 rings (SSSR count). The van der Waals surface area contributed by atoms with E-state index in [0.29, 0.717) is 18.5 Å². The molecule has 184 valence electrons. The molecular formula is C27H28N6O3. The largest absolute Gasteiger partial charge is 0.357 e. The number of imide groups is 1. The lowest BCUT2D eigenvalue weighted by Crippen LogP contribution is -2.52. The van der Waals surface area contributed by atoms with E-state index >= 15 is 0 Å². The summed E-state index contributed by atoms with van der Waals surface area (Å²) < 4.78 is 1.99. The lowest BCUT2D eigenvalue weighted by Gasteiger charge is -2.29. The summed E-state index contributed by atoms with van der Waals surface area (Å²) in [6.07, 6.45) is 7.98. The lowest BCUT2D eigenvalue weighted by atomic mass is 10.0. The predicted molar refractivity (Wildman–Crippen MR) is 134 cm³/mol. The number of rotatable bonds is 4. The van der Waals surface area contributed by atoms with Crippen molar-refractivity contribution in [2.45, 2.75) is 44.7 Å². The highest BCUT2D eigenvalue weighted by Gasteiger charge is 2.39. The van der Waals surface area contributed by atoms with Crippen LogP contribution in [-0.4, -0.2) is 56.3 Å². The van der Waals surface area contributed by atoms with Gasteiger partial charge in [-0.05, 0) is 55.5 Å². The molecule has 9 heteroatoms. The van der Waals surface area contributed by atoms with Crippen LogP contribution in [0.5, 0.6) is 0 Å². The fourth-order valence-electron chi connectivity index (χ4n) is 5.54. The van der Waals surface area contributed by atoms with Gasteiger partial charge in [-0.1, -0.05) is 6.07 Å². The molecule has 0 radical (unpaired) electrons. The maximum absolute atomic E-state index is 13.1. The number of amides is 3. The van der Waals surface area contributed by atoms with E-state index in [2.05, 4.69) is 27.3 Å². The van der Waals surface area contributed by atoms with Crippen LogP contribution >= 0.6 is 0 Å². The maximum Gasteiger partial charge on any atom is 0.255 e. The van der Waals surface area contributed by atoms with E-state index in [-0.39, 0.29) is 18.2 Å². The third-order valence-electron chi connectivity index (χ3n) is 7.44. The molecule has 0 spiro atoms. The average Bonchev–Trinajstić information content (AvgIpc) is 3.44. The number of imidazole rings is 1. The molecule has 36 heavy (non-hydrogen) atoms. The molecule has 1 N–H and O–H groups in total. The monoisotopic (exact) mass is 484 g/mol. The van der Waals surface area contributed by atoms with Crippen LogP contribution in [0.2, 0.25) is 0 Å². The first-order valence-corrected chi connectivity index (χ1v) is 12.5. The number of hydrogen-bond acceptors (Lipinski definition) is 6.